The second-order valence-electron chi connectivity index (χ2n) is 4.23. The van der Waals surface area contributed by atoms with Crippen LogP contribution in [0.2, 0.25) is 0 Å². The third kappa shape index (κ3) is 3.56. The SMILES string of the molecule is C[N-]N(NC)Oc1ccc(-c2ccc(I)cc2)c(N)c1N. The zero-order valence-corrected chi connectivity index (χ0v) is 14.0. The first-order valence-electron chi connectivity index (χ1n) is 6.26. The molecule has 0 saturated carbocycles. The first-order valence-corrected chi connectivity index (χ1v) is 7.33. The summed E-state index contributed by atoms with van der Waals surface area (Å²) in [7, 11) is 3.28. The van der Waals surface area contributed by atoms with Crippen molar-refractivity contribution in [1.82, 2.24) is 10.7 Å². The maximum Gasteiger partial charge on any atom is 0.172 e. The fourth-order valence-corrected chi connectivity index (χ4v) is 2.22. The van der Waals surface area contributed by atoms with E-state index in [0.717, 1.165) is 14.7 Å². The number of rotatable bonds is 5. The molecule has 0 unspecified atom stereocenters. The van der Waals surface area contributed by atoms with Gasteiger partial charge in [-0.05, 0) is 52.4 Å². The third-order valence-electron chi connectivity index (χ3n) is 2.96. The molecule has 0 bridgehead atoms. The van der Waals surface area contributed by atoms with Gasteiger partial charge in [-0.1, -0.05) is 12.1 Å². The van der Waals surface area contributed by atoms with Crippen LogP contribution in [0.5, 0.6) is 5.75 Å². The van der Waals surface area contributed by atoms with Crippen LogP contribution in [0.3, 0.4) is 0 Å². The lowest BCUT2D eigenvalue weighted by molar-refractivity contribution is -0.0607. The van der Waals surface area contributed by atoms with Crippen molar-refractivity contribution < 1.29 is 4.84 Å². The van der Waals surface area contributed by atoms with Crippen LogP contribution in [0.1, 0.15) is 0 Å². The van der Waals surface area contributed by atoms with Crippen molar-refractivity contribution in [3.05, 3.63) is 45.4 Å². The van der Waals surface area contributed by atoms with Crippen LogP contribution in [0.25, 0.3) is 16.6 Å². The Labute approximate surface area is 137 Å². The summed E-state index contributed by atoms with van der Waals surface area (Å²) in [5.41, 5.74) is 21.6. The van der Waals surface area contributed by atoms with Crippen molar-refractivity contribution in [1.29, 1.82) is 0 Å². The number of nitrogen functional groups attached to an aromatic ring is 2. The van der Waals surface area contributed by atoms with Gasteiger partial charge in [0, 0.05) is 16.2 Å². The molecule has 0 aliphatic carbocycles. The topological polar surface area (TPSA) is 90.6 Å². The highest BCUT2D eigenvalue weighted by Crippen LogP contribution is 2.37. The minimum atomic E-state index is 0.384. The third-order valence-corrected chi connectivity index (χ3v) is 3.68. The summed E-state index contributed by atoms with van der Waals surface area (Å²) in [4.78, 5) is 5.48. The monoisotopic (exact) mass is 398 g/mol. The quantitative estimate of drug-likeness (QED) is 0.410. The molecule has 2 rings (SSSR count). The molecule has 21 heavy (non-hydrogen) atoms. The number of benzene rings is 2. The number of nitrogens with one attached hydrogen (secondary N) is 1. The van der Waals surface area contributed by atoms with Gasteiger partial charge in [-0.2, -0.15) is 5.28 Å². The van der Waals surface area contributed by atoms with Gasteiger partial charge in [-0.3, -0.25) is 0 Å². The fraction of sp³-hybridized carbons (Fsp3) is 0.143. The summed E-state index contributed by atoms with van der Waals surface area (Å²) >= 11 is 2.26. The molecule has 2 aromatic rings. The van der Waals surface area contributed by atoms with Crippen molar-refractivity contribution in [3.63, 3.8) is 0 Å². The van der Waals surface area contributed by atoms with E-state index < -0.39 is 0 Å². The van der Waals surface area contributed by atoms with Crippen molar-refractivity contribution in [2.75, 3.05) is 25.6 Å². The highest BCUT2D eigenvalue weighted by molar-refractivity contribution is 14.1. The lowest BCUT2D eigenvalue weighted by atomic mass is 10.0. The van der Waals surface area contributed by atoms with Gasteiger partial charge >= 0.3 is 0 Å². The van der Waals surface area contributed by atoms with Crippen LogP contribution in [-0.2, 0) is 0 Å². The van der Waals surface area contributed by atoms with E-state index in [9.17, 15) is 0 Å². The largest absolute Gasteiger partial charge is 0.545 e. The molecule has 0 fully saturated rings. The van der Waals surface area contributed by atoms with E-state index in [1.54, 1.807) is 20.2 Å². The predicted octanol–water partition coefficient (Wildman–Crippen LogP) is 2.77. The first kappa shape index (κ1) is 15.8. The molecule has 0 saturated heterocycles. The number of anilines is 2. The van der Waals surface area contributed by atoms with Gasteiger partial charge in [0.05, 0.1) is 5.69 Å². The zero-order chi connectivity index (χ0) is 15.4. The normalized spacial score (nSPS) is 10.9. The minimum Gasteiger partial charge on any atom is -0.545 e. The summed E-state index contributed by atoms with van der Waals surface area (Å²) in [6, 6.07) is 11.7. The molecular formula is C14H17IN5O-. The van der Waals surface area contributed by atoms with Crippen molar-refractivity contribution in [2.45, 2.75) is 0 Å². The van der Waals surface area contributed by atoms with E-state index in [1.807, 2.05) is 30.3 Å². The highest BCUT2D eigenvalue weighted by Gasteiger charge is 2.11. The van der Waals surface area contributed by atoms with Crippen molar-refractivity contribution >= 4 is 34.0 Å². The molecule has 0 heterocycles. The second kappa shape index (κ2) is 6.94. The van der Waals surface area contributed by atoms with Gasteiger partial charge in [-0.15, -0.1) is 7.05 Å². The Kier molecular flexibility index (Phi) is 5.23. The second-order valence-corrected chi connectivity index (χ2v) is 5.48. The summed E-state index contributed by atoms with van der Waals surface area (Å²) in [5, 5.41) is 1.20. The minimum absolute atomic E-state index is 0.384. The maximum absolute atomic E-state index is 6.14. The maximum atomic E-state index is 6.14. The molecule has 0 amide bonds. The highest BCUT2D eigenvalue weighted by atomic mass is 127. The number of hydrazine groups is 1. The Balaban J connectivity index is 2.35. The molecule has 2 aromatic carbocycles. The van der Waals surface area contributed by atoms with E-state index in [4.69, 9.17) is 16.3 Å². The average Bonchev–Trinajstić information content (AvgIpc) is 2.50. The van der Waals surface area contributed by atoms with Gasteiger partial charge < -0.3 is 21.7 Å². The van der Waals surface area contributed by atoms with Crippen LogP contribution in [0.4, 0.5) is 11.4 Å². The molecule has 112 valence electrons. The molecule has 0 radical (unpaired) electrons. The van der Waals surface area contributed by atoms with Gasteiger partial charge in [-0.25, -0.2) is 5.43 Å². The van der Waals surface area contributed by atoms with Crippen molar-refractivity contribution in [3.8, 4) is 16.9 Å². The van der Waals surface area contributed by atoms with E-state index in [1.165, 1.54) is 5.28 Å². The molecular weight excluding hydrogens is 381 g/mol. The Morgan fingerprint density at radius 2 is 1.76 bits per heavy atom. The lowest BCUT2D eigenvalue weighted by Crippen LogP contribution is -2.34. The first-order chi connectivity index (χ1) is 10.1. The standard InChI is InChI=1S/C14H17IN5O/c1-18-20(19-2)21-12-8-7-11(13(16)14(12)17)9-3-5-10(15)6-4-9/h3-8,18H,16-17H2,1-2H3/q-1. The van der Waals surface area contributed by atoms with E-state index >= 15 is 0 Å². The summed E-state index contributed by atoms with van der Waals surface area (Å²) in [6.45, 7) is 0. The molecule has 0 atom stereocenters. The summed E-state index contributed by atoms with van der Waals surface area (Å²) in [6.07, 6.45) is 0. The van der Waals surface area contributed by atoms with E-state index in [2.05, 4.69) is 33.4 Å². The van der Waals surface area contributed by atoms with Crippen LogP contribution in [0.15, 0.2) is 36.4 Å². The van der Waals surface area contributed by atoms with Crippen LogP contribution >= 0.6 is 22.6 Å². The lowest BCUT2D eigenvalue weighted by Gasteiger charge is -2.32. The van der Waals surface area contributed by atoms with Crippen LogP contribution in [0, 0.1) is 3.57 Å². The number of nitrogens with two attached hydrogens (primary N) is 2. The summed E-state index contributed by atoms with van der Waals surface area (Å²) < 4.78 is 1.16. The van der Waals surface area contributed by atoms with Gasteiger partial charge in [0.15, 0.2) is 5.75 Å². The number of hydrogen-bond donors (Lipinski definition) is 3. The molecule has 5 N–H and O–H groups in total. The Morgan fingerprint density at radius 1 is 1.10 bits per heavy atom. The zero-order valence-electron chi connectivity index (χ0n) is 11.8. The molecule has 0 aromatic heterocycles. The molecule has 0 aliphatic rings. The van der Waals surface area contributed by atoms with Gasteiger partial charge in [0.1, 0.15) is 5.69 Å². The number of hydrogen-bond acceptors (Lipinski definition) is 5. The van der Waals surface area contributed by atoms with Crippen LogP contribution < -0.4 is 21.7 Å². The smallest absolute Gasteiger partial charge is 0.172 e. The van der Waals surface area contributed by atoms with Crippen LogP contribution in [-0.4, -0.2) is 19.4 Å². The van der Waals surface area contributed by atoms with E-state index in [0.29, 0.717) is 17.1 Å². The number of halogens is 1. The Bertz CT molecular complexity index is 614. The summed E-state index contributed by atoms with van der Waals surface area (Å²) in [5.74, 6) is 0.446. The van der Waals surface area contributed by atoms with Gasteiger partial charge in [0.2, 0.25) is 0 Å². The molecule has 6 nitrogen and oxygen atoms in total. The Morgan fingerprint density at radius 3 is 2.33 bits per heavy atom. The van der Waals surface area contributed by atoms with E-state index in [-0.39, 0.29) is 0 Å². The van der Waals surface area contributed by atoms with Gasteiger partial charge in [0.25, 0.3) is 0 Å². The average molecular weight is 398 g/mol. The number of nitrogens with zero attached hydrogens (tertiary/aromatic N) is 2. The molecule has 7 heteroatoms. The molecule has 0 aliphatic heterocycles. The Hall–Kier alpha value is -1.55. The fourth-order valence-electron chi connectivity index (χ4n) is 1.86. The van der Waals surface area contributed by atoms with Crippen molar-refractivity contribution in [2.24, 2.45) is 0 Å². The predicted molar refractivity (Wildman–Crippen MR) is 94.2 cm³/mol. The molecule has 0 spiro atoms.